The van der Waals surface area contributed by atoms with Gasteiger partial charge in [-0.3, -0.25) is 0 Å². The Bertz CT molecular complexity index is 213. The van der Waals surface area contributed by atoms with Crippen LogP contribution in [0.2, 0.25) is 0 Å². The van der Waals surface area contributed by atoms with Crippen molar-refractivity contribution in [1.82, 2.24) is 0 Å². The van der Waals surface area contributed by atoms with Crippen LogP contribution in [-0.4, -0.2) is 6.29 Å². The number of aldehydes is 1. The number of carbonyl (C=O) groups excluding carboxylic acids is 1. The summed E-state index contributed by atoms with van der Waals surface area (Å²) >= 11 is 0. The summed E-state index contributed by atoms with van der Waals surface area (Å²) in [6.07, 6.45) is 4.42. The van der Waals surface area contributed by atoms with Gasteiger partial charge in [-0.05, 0) is 24.7 Å². The van der Waals surface area contributed by atoms with Gasteiger partial charge in [0.1, 0.15) is 6.29 Å². The summed E-state index contributed by atoms with van der Waals surface area (Å²) in [7, 11) is 0. The molecule has 0 radical (unpaired) electrons. The zero-order valence-electron chi connectivity index (χ0n) is 8.42. The standard InChI is InChI=1S/C11H18O/c1-8-5-6-9(2)11(3,4)10(8)7-12/h5,7,9-10H,6H2,1-4H3/t9-,10+/m1/s1. The molecule has 0 bridgehead atoms. The van der Waals surface area contributed by atoms with Crippen molar-refractivity contribution in [3.05, 3.63) is 11.6 Å². The SMILES string of the molecule is CC1=CC[C@@H](C)C(C)(C)[C@H]1C=O. The molecule has 1 aliphatic rings. The summed E-state index contributed by atoms with van der Waals surface area (Å²) in [4.78, 5) is 10.9. The van der Waals surface area contributed by atoms with Crippen LogP contribution in [0.15, 0.2) is 11.6 Å². The molecule has 1 heteroatoms. The second-order valence-electron chi connectivity index (χ2n) is 4.52. The van der Waals surface area contributed by atoms with Gasteiger partial charge in [0.05, 0.1) is 0 Å². The molecular weight excluding hydrogens is 148 g/mol. The molecule has 0 heterocycles. The third-order valence-electron chi connectivity index (χ3n) is 3.49. The fraction of sp³-hybridized carbons (Fsp3) is 0.727. The van der Waals surface area contributed by atoms with E-state index in [1.54, 1.807) is 0 Å². The van der Waals surface area contributed by atoms with Crippen LogP contribution in [0.1, 0.15) is 34.1 Å². The molecule has 1 nitrogen and oxygen atoms in total. The van der Waals surface area contributed by atoms with Crippen LogP contribution in [0.5, 0.6) is 0 Å². The highest BCUT2D eigenvalue weighted by molar-refractivity contribution is 5.60. The Kier molecular flexibility index (Phi) is 2.41. The highest BCUT2D eigenvalue weighted by Gasteiger charge is 2.37. The van der Waals surface area contributed by atoms with E-state index in [9.17, 15) is 4.79 Å². The van der Waals surface area contributed by atoms with Gasteiger partial charge in [-0.2, -0.15) is 0 Å². The summed E-state index contributed by atoms with van der Waals surface area (Å²) in [5, 5.41) is 0. The minimum absolute atomic E-state index is 0.126. The van der Waals surface area contributed by atoms with Gasteiger partial charge < -0.3 is 4.79 Å². The number of rotatable bonds is 1. The van der Waals surface area contributed by atoms with Crippen molar-refractivity contribution in [2.24, 2.45) is 17.3 Å². The van der Waals surface area contributed by atoms with Crippen LogP contribution in [0.4, 0.5) is 0 Å². The van der Waals surface area contributed by atoms with Crippen molar-refractivity contribution in [3.8, 4) is 0 Å². The second kappa shape index (κ2) is 3.04. The Morgan fingerprint density at radius 3 is 2.58 bits per heavy atom. The van der Waals surface area contributed by atoms with Gasteiger partial charge in [-0.1, -0.05) is 32.4 Å². The molecule has 12 heavy (non-hydrogen) atoms. The highest BCUT2D eigenvalue weighted by Crippen LogP contribution is 2.43. The van der Waals surface area contributed by atoms with Crippen LogP contribution in [0, 0.1) is 17.3 Å². The molecule has 0 saturated heterocycles. The Balaban J connectivity index is 2.99. The first-order chi connectivity index (χ1) is 5.50. The molecular formula is C11H18O. The third-order valence-corrected chi connectivity index (χ3v) is 3.49. The van der Waals surface area contributed by atoms with Crippen LogP contribution in [-0.2, 0) is 4.79 Å². The maximum absolute atomic E-state index is 10.9. The third kappa shape index (κ3) is 1.33. The molecule has 0 saturated carbocycles. The van der Waals surface area contributed by atoms with E-state index in [2.05, 4.69) is 33.8 Å². The fourth-order valence-corrected chi connectivity index (χ4v) is 1.97. The van der Waals surface area contributed by atoms with E-state index in [1.165, 1.54) is 5.57 Å². The lowest BCUT2D eigenvalue weighted by atomic mass is 9.64. The minimum atomic E-state index is 0.126. The van der Waals surface area contributed by atoms with Gasteiger partial charge in [0.2, 0.25) is 0 Å². The lowest BCUT2D eigenvalue weighted by Crippen LogP contribution is -2.35. The highest BCUT2D eigenvalue weighted by atomic mass is 16.1. The Morgan fingerprint density at radius 2 is 2.17 bits per heavy atom. The van der Waals surface area contributed by atoms with Crippen molar-refractivity contribution < 1.29 is 4.79 Å². The van der Waals surface area contributed by atoms with Crippen molar-refractivity contribution in [1.29, 1.82) is 0 Å². The van der Waals surface area contributed by atoms with Crippen molar-refractivity contribution >= 4 is 6.29 Å². The summed E-state index contributed by atoms with van der Waals surface area (Å²) in [5.41, 5.74) is 1.38. The molecule has 1 rings (SSSR count). The monoisotopic (exact) mass is 166 g/mol. The van der Waals surface area contributed by atoms with E-state index in [4.69, 9.17) is 0 Å². The van der Waals surface area contributed by atoms with Crippen LogP contribution < -0.4 is 0 Å². The molecule has 0 aromatic carbocycles. The van der Waals surface area contributed by atoms with Crippen molar-refractivity contribution in [2.75, 3.05) is 0 Å². The van der Waals surface area contributed by atoms with Crippen LogP contribution in [0.3, 0.4) is 0 Å². The predicted octanol–water partition coefficient (Wildman–Crippen LogP) is 2.81. The van der Waals surface area contributed by atoms with Gasteiger partial charge in [0.25, 0.3) is 0 Å². The van der Waals surface area contributed by atoms with E-state index in [1.807, 2.05) is 0 Å². The number of carbonyl (C=O) groups is 1. The molecule has 0 aliphatic heterocycles. The van der Waals surface area contributed by atoms with E-state index >= 15 is 0 Å². The second-order valence-corrected chi connectivity index (χ2v) is 4.52. The van der Waals surface area contributed by atoms with E-state index < -0.39 is 0 Å². The number of hydrogen-bond donors (Lipinski definition) is 0. The van der Waals surface area contributed by atoms with Crippen molar-refractivity contribution in [2.45, 2.75) is 34.1 Å². The smallest absolute Gasteiger partial charge is 0.127 e. The largest absolute Gasteiger partial charge is 0.303 e. The first-order valence-corrected chi connectivity index (χ1v) is 4.62. The molecule has 68 valence electrons. The minimum Gasteiger partial charge on any atom is -0.303 e. The molecule has 0 fully saturated rings. The molecule has 0 aromatic rings. The van der Waals surface area contributed by atoms with Crippen LogP contribution in [0.25, 0.3) is 0 Å². The lowest BCUT2D eigenvalue weighted by molar-refractivity contribution is -0.114. The molecule has 0 aromatic heterocycles. The van der Waals surface area contributed by atoms with Gasteiger partial charge in [0.15, 0.2) is 0 Å². The van der Waals surface area contributed by atoms with Gasteiger partial charge in [-0.15, -0.1) is 0 Å². The molecule has 0 unspecified atom stereocenters. The zero-order valence-corrected chi connectivity index (χ0v) is 8.42. The average Bonchev–Trinajstić information content (AvgIpc) is 1.98. The normalized spacial score (nSPS) is 34.2. The predicted molar refractivity (Wildman–Crippen MR) is 50.9 cm³/mol. The maximum atomic E-state index is 10.9. The molecule has 2 atom stereocenters. The topological polar surface area (TPSA) is 17.1 Å². The van der Waals surface area contributed by atoms with Gasteiger partial charge in [-0.25, -0.2) is 0 Å². The maximum Gasteiger partial charge on any atom is 0.127 e. The first-order valence-electron chi connectivity index (χ1n) is 4.62. The molecule has 1 aliphatic carbocycles. The van der Waals surface area contributed by atoms with Crippen LogP contribution >= 0.6 is 0 Å². The van der Waals surface area contributed by atoms with E-state index in [0.717, 1.165) is 12.7 Å². The molecule has 0 amide bonds. The number of allylic oxidation sites excluding steroid dienone is 2. The van der Waals surface area contributed by atoms with E-state index in [-0.39, 0.29) is 11.3 Å². The Hall–Kier alpha value is -0.590. The number of hydrogen-bond acceptors (Lipinski definition) is 1. The zero-order chi connectivity index (χ0) is 9.35. The molecule has 0 N–H and O–H groups in total. The summed E-state index contributed by atoms with van der Waals surface area (Å²) in [6, 6.07) is 0. The van der Waals surface area contributed by atoms with Crippen molar-refractivity contribution in [3.63, 3.8) is 0 Å². The lowest BCUT2D eigenvalue weighted by Gasteiger charge is -2.40. The van der Waals surface area contributed by atoms with E-state index in [0.29, 0.717) is 5.92 Å². The summed E-state index contributed by atoms with van der Waals surface area (Å²) in [5.74, 6) is 0.734. The molecule has 0 spiro atoms. The Labute approximate surface area is 74.9 Å². The summed E-state index contributed by atoms with van der Waals surface area (Å²) in [6.45, 7) is 8.66. The van der Waals surface area contributed by atoms with Gasteiger partial charge >= 0.3 is 0 Å². The fourth-order valence-electron chi connectivity index (χ4n) is 1.97. The average molecular weight is 166 g/mol. The first kappa shape index (κ1) is 9.50. The quantitative estimate of drug-likeness (QED) is 0.432. The summed E-state index contributed by atoms with van der Waals surface area (Å²) < 4.78 is 0. The Morgan fingerprint density at radius 1 is 1.58 bits per heavy atom. The van der Waals surface area contributed by atoms with Gasteiger partial charge in [0, 0.05) is 5.92 Å².